The number of carbonyl (C=O) groups is 2. The van der Waals surface area contributed by atoms with Crippen molar-refractivity contribution in [3.8, 4) is 11.5 Å². The van der Waals surface area contributed by atoms with Crippen molar-refractivity contribution < 1.29 is 19.1 Å². The highest BCUT2D eigenvalue weighted by Crippen LogP contribution is 2.36. The number of hydrogen-bond donors (Lipinski definition) is 1. The molecule has 0 radical (unpaired) electrons. The molecule has 26 heavy (non-hydrogen) atoms. The van der Waals surface area contributed by atoms with Gasteiger partial charge in [-0.25, -0.2) is 0 Å². The third-order valence-corrected chi connectivity index (χ3v) is 4.29. The van der Waals surface area contributed by atoms with Crippen LogP contribution in [0.4, 0.5) is 5.69 Å². The zero-order chi connectivity index (χ0) is 18.7. The molecule has 1 aliphatic rings. The molecule has 2 amide bonds. The van der Waals surface area contributed by atoms with Gasteiger partial charge in [0, 0.05) is 18.2 Å². The van der Waals surface area contributed by atoms with Crippen LogP contribution in [0.25, 0.3) is 0 Å². The van der Waals surface area contributed by atoms with Crippen molar-refractivity contribution in [1.29, 1.82) is 0 Å². The Bertz CT molecular complexity index is 834. The quantitative estimate of drug-likeness (QED) is 0.866. The van der Waals surface area contributed by atoms with Crippen molar-refractivity contribution in [3.63, 3.8) is 0 Å². The molecule has 0 fully saturated rings. The molecule has 3 rings (SSSR count). The monoisotopic (exact) mass is 354 g/mol. The molecule has 0 bridgehead atoms. The van der Waals surface area contributed by atoms with Crippen LogP contribution < -0.4 is 19.7 Å². The van der Waals surface area contributed by atoms with Crippen molar-refractivity contribution in [2.24, 2.45) is 0 Å². The average Bonchev–Trinajstić information content (AvgIpc) is 2.87. The van der Waals surface area contributed by atoms with Crippen LogP contribution in [0.2, 0.25) is 0 Å². The molecular formula is C20H22N2O4. The molecule has 1 atom stereocenters. The van der Waals surface area contributed by atoms with Gasteiger partial charge in [0.1, 0.15) is 12.6 Å². The zero-order valence-corrected chi connectivity index (χ0v) is 15.1. The summed E-state index contributed by atoms with van der Waals surface area (Å²) in [6, 6.07) is 12.5. The normalized spacial score (nSPS) is 15.6. The Morgan fingerprint density at radius 3 is 2.62 bits per heavy atom. The molecule has 1 heterocycles. The Balaban J connectivity index is 1.76. The number of benzene rings is 2. The molecule has 0 saturated heterocycles. The molecule has 0 saturated carbocycles. The molecule has 6 heteroatoms. The van der Waals surface area contributed by atoms with Crippen LogP contribution in [-0.2, 0) is 9.59 Å². The van der Waals surface area contributed by atoms with E-state index in [1.54, 1.807) is 12.0 Å². The smallest absolute Gasteiger partial charge is 0.254 e. The lowest BCUT2D eigenvalue weighted by Crippen LogP contribution is -2.38. The Kier molecular flexibility index (Phi) is 5.11. The van der Waals surface area contributed by atoms with E-state index in [4.69, 9.17) is 9.47 Å². The van der Waals surface area contributed by atoms with E-state index in [1.165, 1.54) is 6.92 Å². The van der Waals surface area contributed by atoms with Crippen molar-refractivity contribution in [3.05, 3.63) is 53.6 Å². The third kappa shape index (κ3) is 3.49. The van der Waals surface area contributed by atoms with Gasteiger partial charge in [-0.2, -0.15) is 0 Å². The summed E-state index contributed by atoms with van der Waals surface area (Å²) in [6.45, 7) is 4.06. The van der Waals surface area contributed by atoms with Gasteiger partial charge >= 0.3 is 0 Å². The van der Waals surface area contributed by atoms with Crippen LogP contribution in [0, 0.1) is 6.92 Å². The van der Waals surface area contributed by atoms with E-state index in [1.807, 2.05) is 49.4 Å². The van der Waals surface area contributed by atoms with E-state index < -0.39 is 6.04 Å². The maximum atomic E-state index is 12.8. The largest absolute Gasteiger partial charge is 0.493 e. The average molecular weight is 354 g/mol. The fourth-order valence-corrected chi connectivity index (χ4v) is 3.12. The van der Waals surface area contributed by atoms with Crippen LogP contribution in [0.15, 0.2) is 42.5 Å². The zero-order valence-electron chi connectivity index (χ0n) is 15.1. The Labute approximate surface area is 152 Å². The van der Waals surface area contributed by atoms with Gasteiger partial charge < -0.3 is 19.7 Å². The summed E-state index contributed by atoms with van der Waals surface area (Å²) in [6.07, 6.45) is 0. The first kappa shape index (κ1) is 17.8. The van der Waals surface area contributed by atoms with Gasteiger partial charge in [0.05, 0.1) is 13.7 Å². The van der Waals surface area contributed by atoms with Crippen LogP contribution in [0.5, 0.6) is 11.5 Å². The minimum atomic E-state index is -0.645. The number of ether oxygens (including phenoxy) is 2. The first-order chi connectivity index (χ1) is 12.5. The Morgan fingerprint density at radius 2 is 1.92 bits per heavy atom. The van der Waals surface area contributed by atoms with Crippen LogP contribution in [0.3, 0.4) is 0 Å². The van der Waals surface area contributed by atoms with Crippen LogP contribution in [-0.4, -0.2) is 32.1 Å². The van der Waals surface area contributed by atoms with Gasteiger partial charge in [-0.05, 0) is 25.1 Å². The summed E-state index contributed by atoms with van der Waals surface area (Å²) in [4.78, 5) is 26.0. The maximum Gasteiger partial charge on any atom is 0.254 e. The lowest BCUT2D eigenvalue weighted by atomic mass is 10.1. The molecule has 0 aliphatic carbocycles. The number of nitrogens with zero attached hydrogens (tertiary/aromatic N) is 1. The van der Waals surface area contributed by atoms with Gasteiger partial charge in [-0.1, -0.05) is 29.8 Å². The third-order valence-electron chi connectivity index (χ3n) is 4.29. The molecule has 1 aliphatic heterocycles. The van der Waals surface area contributed by atoms with Crippen molar-refractivity contribution in [2.75, 3.05) is 25.2 Å². The fourth-order valence-electron chi connectivity index (χ4n) is 3.12. The molecule has 1 unspecified atom stereocenters. The molecule has 2 aromatic carbocycles. The van der Waals surface area contributed by atoms with Gasteiger partial charge in [-0.3, -0.25) is 9.59 Å². The summed E-state index contributed by atoms with van der Waals surface area (Å²) < 4.78 is 11.1. The van der Waals surface area contributed by atoms with E-state index in [2.05, 4.69) is 5.32 Å². The number of methoxy groups -OCH3 is 1. The Morgan fingerprint density at radius 1 is 1.19 bits per heavy atom. The second-order valence-electron chi connectivity index (χ2n) is 6.19. The van der Waals surface area contributed by atoms with Gasteiger partial charge in [0.2, 0.25) is 5.91 Å². The molecule has 0 aromatic heterocycles. The highest BCUT2D eigenvalue weighted by atomic mass is 16.5. The number of carbonyl (C=O) groups excluding carboxylic acids is 2. The number of nitrogens with one attached hydrogen (secondary N) is 1. The fraction of sp³-hybridized carbons (Fsp3) is 0.300. The number of rotatable bonds is 6. The SMILES string of the molecule is COc1ccccc1OCCN1C(=O)C(NC(C)=O)c2cc(C)ccc21. The highest BCUT2D eigenvalue weighted by molar-refractivity contribution is 6.06. The first-order valence-electron chi connectivity index (χ1n) is 8.46. The van der Waals surface area contributed by atoms with E-state index in [9.17, 15) is 9.59 Å². The minimum absolute atomic E-state index is 0.149. The number of fused-ring (bicyclic) bond motifs is 1. The molecule has 2 aromatic rings. The second-order valence-corrected chi connectivity index (χ2v) is 6.19. The highest BCUT2D eigenvalue weighted by Gasteiger charge is 2.37. The van der Waals surface area contributed by atoms with Gasteiger partial charge in [0.15, 0.2) is 11.5 Å². The maximum absolute atomic E-state index is 12.8. The lowest BCUT2D eigenvalue weighted by Gasteiger charge is -2.19. The van der Waals surface area contributed by atoms with Crippen molar-refractivity contribution in [1.82, 2.24) is 5.32 Å². The van der Waals surface area contributed by atoms with E-state index >= 15 is 0 Å². The molecule has 1 N–H and O–H groups in total. The second kappa shape index (κ2) is 7.47. The van der Waals surface area contributed by atoms with Gasteiger partial charge in [-0.15, -0.1) is 0 Å². The number of aryl methyl sites for hydroxylation is 1. The lowest BCUT2D eigenvalue weighted by molar-refractivity contribution is -0.126. The summed E-state index contributed by atoms with van der Waals surface area (Å²) in [5, 5.41) is 2.74. The standard InChI is InChI=1S/C20H22N2O4/c1-13-8-9-16-15(12-13)19(21-14(2)23)20(24)22(16)10-11-26-18-7-5-4-6-17(18)25-3/h4-9,12,19H,10-11H2,1-3H3,(H,21,23). The minimum Gasteiger partial charge on any atom is -0.493 e. The van der Waals surface area contributed by atoms with E-state index in [-0.39, 0.29) is 11.8 Å². The molecular weight excluding hydrogens is 332 g/mol. The summed E-state index contributed by atoms with van der Waals surface area (Å²) in [5.41, 5.74) is 2.67. The van der Waals surface area contributed by atoms with Gasteiger partial charge in [0.25, 0.3) is 5.91 Å². The predicted octanol–water partition coefficient (Wildman–Crippen LogP) is 2.61. The molecule has 6 nitrogen and oxygen atoms in total. The van der Waals surface area contributed by atoms with E-state index in [0.717, 1.165) is 16.8 Å². The molecule has 136 valence electrons. The first-order valence-corrected chi connectivity index (χ1v) is 8.46. The predicted molar refractivity (Wildman–Crippen MR) is 98.6 cm³/mol. The summed E-state index contributed by atoms with van der Waals surface area (Å²) in [5.74, 6) is 0.893. The number of para-hydroxylation sites is 2. The van der Waals surface area contributed by atoms with Crippen LogP contribution in [0.1, 0.15) is 24.1 Å². The summed E-state index contributed by atoms with van der Waals surface area (Å²) in [7, 11) is 1.59. The topological polar surface area (TPSA) is 67.9 Å². The van der Waals surface area contributed by atoms with Crippen molar-refractivity contribution >= 4 is 17.5 Å². The number of amides is 2. The van der Waals surface area contributed by atoms with Crippen LogP contribution >= 0.6 is 0 Å². The number of hydrogen-bond acceptors (Lipinski definition) is 4. The summed E-state index contributed by atoms with van der Waals surface area (Å²) >= 11 is 0. The van der Waals surface area contributed by atoms with Crippen molar-refractivity contribution in [2.45, 2.75) is 19.9 Å². The Hall–Kier alpha value is -3.02. The van der Waals surface area contributed by atoms with E-state index in [0.29, 0.717) is 24.7 Å². The number of anilines is 1. The molecule has 0 spiro atoms.